The largest absolute Gasteiger partial charge is 0.493 e. The van der Waals surface area contributed by atoms with Gasteiger partial charge in [-0.25, -0.2) is 4.98 Å². The molecule has 6 heteroatoms. The van der Waals surface area contributed by atoms with E-state index in [4.69, 9.17) is 14.5 Å². The van der Waals surface area contributed by atoms with E-state index in [1.165, 1.54) is 29.0 Å². The van der Waals surface area contributed by atoms with Gasteiger partial charge in [0.1, 0.15) is 5.82 Å². The van der Waals surface area contributed by atoms with Crippen molar-refractivity contribution in [2.24, 2.45) is 7.05 Å². The predicted molar refractivity (Wildman–Crippen MR) is 119 cm³/mol. The summed E-state index contributed by atoms with van der Waals surface area (Å²) in [5.41, 5.74) is 3.50. The first-order valence-electron chi connectivity index (χ1n) is 10.1. The van der Waals surface area contributed by atoms with E-state index in [-0.39, 0.29) is 5.56 Å². The number of hydrogen-bond donors (Lipinski definition) is 1. The number of rotatable bonds is 6. The van der Waals surface area contributed by atoms with Crippen molar-refractivity contribution < 1.29 is 9.47 Å². The third-order valence-corrected chi connectivity index (χ3v) is 5.84. The third-order valence-electron chi connectivity index (χ3n) is 5.84. The maximum atomic E-state index is 12.5. The fourth-order valence-electron chi connectivity index (χ4n) is 4.09. The summed E-state index contributed by atoms with van der Waals surface area (Å²) in [6, 6.07) is 8.03. The van der Waals surface area contributed by atoms with Crippen molar-refractivity contribution in [1.29, 1.82) is 0 Å². The Morgan fingerprint density at radius 2 is 2.03 bits per heavy atom. The molecule has 1 saturated heterocycles. The number of hydrogen-bond acceptors (Lipinski definition) is 5. The first-order valence-corrected chi connectivity index (χ1v) is 10.1. The van der Waals surface area contributed by atoms with Crippen LogP contribution in [0.5, 0.6) is 11.5 Å². The Kier molecular flexibility index (Phi) is 5.59. The molecule has 2 atom stereocenters. The Morgan fingerprint density at radius 3 is 2.77 bits per heavy atom. The molecule has 0 aliphatic carbocycles. The molecular weight excluding hydrogens is 378 g/mol. The molecule has 1 N–H and O–H groups in total. The smallest absolute Gasteiger partial charge is 0.254 e. The lowest BCUT2D eigenvalue weighted by molar-refractivity contribution is 0.355. The minimum Gasteiger partial charge on any atom is -0.493 e. The van der Waals surface area contributed by atoms with Gasteiger partial charge in [-0.2, -0.15) is 0 Å². The lowest BCUT2D eigenvalue weighted by atomic mass is 9.97. The van der Waals surface area contributed by atoms with Crippen LogP contribution in [-0.4, -0.2) is 35.9 Å². The van der Waals surface area contributed by atoms with Gasteiger partial charge in [0.05, 0.1) is 19.9 Å². The predicted octanol–water partition coefficient (Wildman–Crippen LogP) is 3.48. The molecule has 1 fully saturated rings. The molecule has 3 heterocycles. The normalized spacial score (nSPS) is 20.3. The molecule has 0 saturated carbocycles. The van der Waals surface area contributed by atoms with Gasteiger partial charge in [0.2, 0.25) is 0 Å². The Labute approximate surface area is 176 Å². The van der Waals surface area contributed by atoms with E-state index in [1.807, 2.05) is 30.4 Å². The summed E-state index contributed by atoms with van der Waals surface area (Å²) in [5.74, 6) is 1.80. The molecule has 1 aromatic carbocycles. The quantitative estimate of drug-likeness (QED) is 0.746. The van der Waals surface area contributed by atoms with E-state index >= 15 is 0 Å². The van der Waals surface area contributed by atoms with Crippen molar-refractivity contribution in [3.63, 3.8) is 0 Å². The molecule has 4 rings (SSSR count). The summed E-state index contributed by atoms with van der Waals surface area (Å²) in [7, 11) is 4.90. The molecule has 0 amide bonds. The van der Waals surface area contributed by atoms with Crippen molar-refractivity contribution in [2.45, 2.75) is 31.3 Å². The van der Waals surface area contributed by atoms with Gasteiger partial charge in [-0.3, -0.25) is 9.36 Å². The number of methoxy groups -OCH3 is 2. The third kappa shape index (κ3) is 3.96. The first kappa shape index (κ1) is 20.2. The van der Waals surface area contributed by atoms with Crippen LogP contribution in [0, 0.1) is 0 Å². The number of allylic oxidation sites excluding steroid dienone is 2. The number of benzene rings is 1. The minimum atomic E-state index is -0.126. The van der Waals surface area contributed by atoms with Gasteiger partial charge in [0.15, 0.2) is 11.5 Å². The zero-order valence-electron chi connectivity index (χ0n) is 17.6. The highest BCUT2D eigenvalue weighted by Gasteiger charge is 2.28. The number of fused-ring (bicyclic) bond motifs is 2. The molecule has 30 heavy (non-hydrogen) atoms. The van der Waals surface area contributed by atoms with Crippen molar-refractivity contribution in [3.05, 3.63) is 70.3 Å². The molecule has 0 unspecified atom stereocenters. The second kappa shape index (κ2) is 8.32. The average Bonchev–Trinajstić information content (AvgIpc) is 3.11. The fourth-order valence-corrected chi connectivity index (χ4v) is 4.09. The second-order valence-electron chi connectivity index (χ2n) is 7.77. The van der Waals surface area contributed by atoms with Gasteiger partial charge in [-0.05, 0) is 54.7 Å². The lowest BCUT2D eigenvalue weighted by Crippen LogP contribution is -2.32. The monoisotopic (exact) mass is 405 g/mol. The topological polar surface area (TPSA) is 65.4 Å². The van der Waals surface area contributed by atoms with Crippen LogP contribution < -0.4 is 20.3 Å². The van der Waals surface area contributed by atoms with Crippen molar-refractivity contribution in [3.8, 4) is 22.8 Å². The minimum absolute atomic E-state index is 0.126. The van der Waals surface area contributed by atoms with Gasteiger partial charge in [0, 0.05) is 30.8 Å². The summed E-state index contributed by atoms with van der Waals surface area (Å²) in [6.45, 7) is 4.24. The van der Waals surface area contributed by atoms with Crippen molar-refractivity contribution in [2.75, 3.05) is 14.2 Å². The van der Waals surface area contributed by atoms with Gasteiger partial charge in [0.25, 0.3) is 5.56 Å². The number of aromatic nitrogens is 2. The van der Waals surface area contributed by atoms with Crippen LogP contribution in [0.2, 0.25) is 0 Å². The number of nitrogens with zero attached hydrogens (tertiary/aromatic N) is 2. The molecule has 0 spiro atoms. The average molecular weight is 405 g/mol. The van der Waals surface area contributed by atoms with Crippen LogP contribution in [0.1, 0.15) is 25.1 Å². The molecule has 0 radical (unpaired) electrons. The zero-order chi connectivity index (χ0) is 21.3. The molecule has 6 nitrogen and oxygen atoms in total. The van der Waals surface area contributed by atoms with Gasteiger partial charge in [-0.1, -0.05) is 18.7 Å². The summed E-state index contributed by atoms with van der Waals surface area (Å²) in [5, 5.41) is 3.59. The van der Waals surface area contributed by atoms with E-state index in [2.05, 4.69) is 18.0 Å². The molecule has 2 aromatic rings. The van der Waals surface area contributed by atoms with Gasteiger partial charge >= 0.3 is 0 Å². The Bertz CT molecular complexity index is 1100. The highest BCUT2D eigenvalue weighted by Crippen LogP contribution is 2.32. The lowest BCUT2D eigenvalue weighted by Gasteiger charge is -2.21. The molecule has 1 aromatic heterocycles. The van der Waals surface area contributed by atoms with Crippen molar-refractivity contribution >= 4 is 6.08 Å². The van der Waals surface area contributed by atoms with E-state index in [0.717, 1.165) is 17.6 Å². The summed E-state index contributed by atoms with van der Waals surface area (Å²) >= 11 is 0. The highest BCUT2D eigenvalue weighted by molar-refractivity contribution is 5.65. The van der Waals surface area contributed by atoms with Crippen LogP contribution in [0.15, 0.2) is 58.9 Å². The van der Waals surface area contributed by atoms with E-state index < -0.39 is 0 Å². The van der Waals surface area contributed by atoms with Gasteiger partial charge < -0.3 is 14.8 Å². The second-order valence-corrected chi connectivity index (χ2v) is 7.77. The summed E-state index contributed by atoms with van der Waals surface area (Å²) < 4.78 is 12.2. The Hall–Kier alpha value is -3.12. The zero-order valence-corrected chi connectivity index (χ0v) is 17.6. The maximum Gasteiger partial charge on any atom is 0.254 e. The van der Waals surface area contributed by atoms with Crippen LogP contribution >= 0.6 is 0 Å². The Morgan fingerprint density at radius 1 is 1.23 bits per heavy atom. The van der Waals surface area contributed by atoms with Crippen molar-refractivity contribution in [1.82, 2.24) is 14.9 Å². The van der Waals surface area contributed by atoms with Crippen LogP contribution in [0.3, 0.4) is 0 Å². The molecular formula is C24H27N3O3. The van der Waals surface area contributed by atoms with Crippen LogP contribution in [0.25, 0.3) is 17.3 Å². The standard InChI is InChI=1S/C24H27N3O3/c1-15(17-11-18-7-8-19(12-17)25-18)5-10-23-26-20(14-24(28)27(23)2)16-6-9-21(29-3)22(13-16)30-4/h5-6,9-11,13-14,18-19,25H,1,7-8,12H2,2-4H3/b10-5-/t18-,19+/m1/s1. The summed E-state index contributed by atoms with van der Waals surface area (Å²) in [4.78, 5) is 17.2. The SMILES string of the molecule is C=C(/C=C\c1nc(-c2ccc(OC)c(OC)c2)cc(=O)n1C)C1=C[C@H]2CC[C@@H](C1)N2. The molecule has 2 bridgehead atoms. The van der Waals surface area contributed by atoms with E-state index in [9.17, 15) is 4.79 Å². The highest BCUT2D eigenvalue weighted by atomic mass is 16.5. The van der Waals surface area contributed by atoms with Crippen LogP contribution in [-0.2, 0) is 7.05 Å². The maximum absolute atomic E-state index is 12.5. The first-order chi connectivity index (χ1) is 14.5. The number of ether oxygens (including phenoxy) is 2. The summed E-state index contributed by atoms with van der Waals surface area (Å²) in [6.07, 6.45) is 9.50. The molecule has 2 aliphatic heterocycles. The van der Waals surface area contributed by atoms with Crippen LogP contribution in [0.4, 0.5) is 0 Å². The van der Waals surface area contributed by atoms with Gasteiger partial charge in [-0.15, -0.1) is 0 Å². The molecule has 2 aliphatic rings. The van der Waals surface area contributed by atoms with E-state index in [1.54, 1.807) is 21.3 Å². The number of nitrogens with one attached hydrogen (secondary N) is 1. The molecule has 156 valence electrons. The Balaban J connectivity index is 1.63. The fraction of sp³-hybridized carbons (Fsp3) is 0.333. The van der Waals surface area contributed by atoms with E-state index in [0.29, 0.717) is 35.1 Å².